The Morgan fingerprint density at radius 2 is 1.17 bits per heavy atom. The van der Waals surface area contributed by atoms with Gasteiger partial charge in [0.1, 0.15) is 0 Å². The first-order valence-corrected chi connectivity index (χ1v) is 10.4. The first kappa shape index (κ1) is 19.3. The molecule has 0 amide bonds. The van der Waals surface area contributed by atoms with E-state index in [0.29, 0.717) is 0 Å². The lowest BCUT2D eigenvalue weighted by atomic mass is 9.69. The Kier molecular flexibility index (Phi) is 7.01. The van der Waals surface area contributed by atoms with Crippen LogP contribution in [0.5, 0.6) is 0 Å². The summed E-state index contributed by atoms with van der Waals surface area (Å²) in [4.78, 5) is 2.88. The Bertz CT molecular complexity index is 316. The normalized spacial score (nSPS) is 39.4. The van der Waals surface area contributed by atoms with Crippen molar-refractivity contribution >= 4 is 0 Å². The summed E-state index contributed by atoms with van der Waals surface area (Å²) in [5, 5.41) is 0. The van der Waals surface area contributed by atoms with E-state index < -0.39 is 0 Å². The molecule has 0 aromatic heterocycles. The van der Waals surface area contributed by atoms with E-state index in [2.05, 4.69) is 53.4 Å². The summed E-state index contributed by atoms with van der Waals surface area (Å²) in [6, 6.07) is 1.54. The molecule has 0 spiro atoms. The lowest BCUT2D eigenvalue weighted by molar-refractivity contribution is -0.0155. The van der Waals surface area contributed by atoms with Gasteiger partial charge in [-0.05, 0) is 74.7 Å². The van der Waals surface area contributed by atoms with Gasteiger partial charge in [-0.25, -0.2) is 0 Å². The third-order valence-corrected chi connectivity index (χ3v) is 7.08. The van der Waals surface area contributed by atoms with Crippen molar-refractivity contribution in [2.75, 3.05) is 6.54 Å². The van der Waals surface area contributed by atoms with E-state index in [9.17, 15) is 0 Å². The number of rotatable bonds is 5. The molecule has 6 atom stereocenters. The molecule has 0 aliphatic heterocycles. The zero-order chi connectivity index (χ0) is 17.1. The monoisotopic (exact) mass is 320 g/mol. The maximum Gasteiger partial charge on any atom is 0.0131 e. The van der Waals surface area contributed by atoms with Crippen LogP contribution in [0, 0.1) is 42.4 Å². The van der Waals surface area contributed by atoms with Gasteiger partial charge in [0.25, 0.3) is 0 Å². The largest absolute Gasteiger partial charge is 0.297 e. The first-order valence-electron chi connectivity index (χ1n) is 10.4. The van der Waals surface area contributed by atoms with E-state index in [4.69, 9.17) is 0 Å². The molecule has 0 aromatic carbocycles. The Morgan fingerprint density at radius 1 is 0.783 bits per heavy atom. The lowest BCUT2D eigenvalue weighted by Crippen LogP contribution is -2.55. The van der Waals surface area contributed by atoms with Crippen molar-refractivity contribution in [3.63, 3.8) is 0 Å². The highest BCUT2D eigenvalue weighted by molar-refractivity contribution is 4.95. The summed E-state index contributed by atoms with van der Waals surface area (Å²) in [6.45, 7) is 20.1. The van der Waals surface area contributed by atoms with Crippen LogP contribution in [0.3, 0.4) is 0 Å². The second kappa shape index (κ2) is 8.37. The van der Waals surface area contributed by atoms with E-state index >= 15 is 0 Å². The van der Waals surface area contributed by atoms with Crippen LogP contribution >= 0.6 is 0 Å². The predicted molar refractivity (Wildman–Crippen MR) is 102 cm³/mol. The zero-order valence-corrected chi connectivity index (χ0v) is 16.7. The summed E-state index contributed by atoms with van der Waals surface area (Å²) in [5.41, 5.74) is 0. The molecule has 0 aromatic rings. The molecular formula is C22H42N. The minimum Gasteiger partial charge on any atom is -0.297 e. The quantitative estimate of drug-likeness (QED) is 0.596. The molecule has 6 unspecified atom stereocenters. The standard InChI is InChI=1S/C22H42N/c1-8-23(21-13-17(6)9-11-19(21)15(2)3)22-14-18(7)10-12-20(22)16(4)5/h15-22H,1,8-14H2,2-7H3. The van der Waals surface area contributed by atoms with Gasteiger partial charge in [-0.3, -0.25) is 4.90 Å². The summed E-state index contributed by atoms with van der Waals surface area (Å²) in [7, 11) is 0. The maximum atomic E-state index is 4.40. The van der Waals surface area contributed by atoms with Crippen LogP contribution in [-0.2, 0) is 0 Å². The second-order valence-electron chi connectivity index (χ2n) is 9.52. The molecule has 1 radical (unpaired) electrons. The Labute approximate surface area is 146 Å². The van der Waals surface area contributed by atoms with Crippen molar-refractivity contribution < 1.29 is 0 Å². The number of hydrogen-bond donors (Lipinski definition) is 0. The molecule has 2 aliphatic rings. The highest BCUT2D eigenvalue weighted by atomic mass is 15.2. The van der Waals surface area contributed by atoms with Crippen molar-refractivity contribution in [3.8, 4) is 0 Å². The fourth-order valence-corrected chi connectivity index (χ4v) is 5.64. The fourth-order valence-electron chi connectivity index (χ4n) is 5.64. The molecule has 135 valence electrons. The topological polar surface area (TPSA) is 3.24 Å². The van der Waals surface area contributed by atoms with E-state index in [1.165, 1.54) is 38.5 Å². The van der Waals surface area contributed by atoms with Crippen molar-refractivity contribution in [2.45, 2.75) is 92.2 Å². The van der Waals surface area contributed by atoms with E-state index in [1.54, 1.807) is 0 Å². The smallest absolute Gasteiger partial charge is 0.0131 e. The van der Waals surface area contributed by atoms with Gasteiger partial charge < -0.3 is 0 Å². The van der Waals surface area contributed by atoms with E-state index in [1.807, 2.05) is 0 Å². The molecule has 0 heterocycles. The van der Waals surface area contributed by atoms with Gasteiger partial charge in [0.05, 0.1) is 0 Å². The zero-order valence-electron chi connectivity index (χ0n) is 16.7. The minimum atomic E-state index is 0.771. The molecule has 0 N–H and O–H groups in total. The average Bonchev–Trinajstić information content (AvgIpc) is 2.47. The van der Waals surface area contributed by atoms with Crippen molar-refractivity contribution in [1.82, 2.24) is 4.90 Å². The third kappa shape index (κ3) is 4.53. The van der Waals surface area contributed by atoms with Gasteiger partial charge in [0.2, 0.25) is 0 Å². The summed E-state index contributed by atoms with van der Waals surface area (Å²) in [6.07, 6.45) is 8.50. The van der Waals surface area contributed by atoms with Gasteiger partial charge in [-0.1, -0.05) is 54.4 Å². The van der Waals surface area contributed by atoms with Crippen molar-refractivity contribution in [3.05, 3.63) is 6.92 Å². The SMILES string of the molecule is [CH2]CN(C1CC(C)CCC1C(C)C)C1CC(C)CCC1C(C)C. The van der Waals surface area contributed by atoms with Crippen LogP contribution in [0.4, 0.5) is 0 Å². The van der Waals surface area contributed by atoms with Gasteiger partial charge in [0.15, 0.2) is 0 Å². The molecular weight excluding hydrogens is 278 g/mol. The number of nitrogens with zero attached hydrogens (tertiary/aromatic N) is 1. The summed E-state index contributed by atoms with van der Waals surface area (Å²) in [5.74, 6) is 5.14. The first-order chi connectivity index (χ1) is 10.8. The molecule has 0 bridgehead atoms. The molecule has 2 aliphatic carbocycles. The molecule has 2 rings (SSSR count). The average molecular weight is 321 g/mol. The fraction of sp³-hybridized carbons (Fsp3) is 0.955. The van der Waals surface area contributed by atoms with Gasteiger partial charge in [0, 0.05) is 12.1 Å². The van der Waals surface area contributed by atoms with Crippen molar-refractivity contribution in [1.29, 1.82) is 0 Å². The summed E-state index contributed by atoms with van der Waals surface area (Å²) >= 11 is 0. The molecule has 0 saturated heterocycles. The molecule has 2 fully saturated rings. The van der Waals surface area contributed by atoms with Crippen LogP contribution in [0.25, 0.3) is 0 Å². The molecule has 2 saturated carbocycles. The van der Waals surface area contributed by atoms with Crippen LogP contribution < -0.4 is 0 Å². The van der Waals surface area contributed by atoms with Gasteiger partial charge in [-0.15, -0.1) is 0 Å². The minimum absolute atomic E-state index is 0.771. The predicted octanol–water partition coefficient (Wildman–Crippen LogP) is 6.04. The third-order valence-electron chi connectivity index (χ3n) is 7.08. The second-order valence-corrected chi connectivity index (χ2v) is 9.52. The van der Waals surface area contributed by atoms with Crippen LogP contribution in [-0.4, -0.2) is 23.5 Å². The maximum absolute atomic E-state index is 4.40. The summed E-state index contributed by atoms with van der Waals surface area (Å²) < 4.78 is 0. The number of hydrogen-bond acceptors (Lipinski definition) is 1. The van der Waals surface area contributed by atoms with Crippen molar-refractivity contribution in [2.24, 2.45) is 35.5 Å². The molecule has 23 heavy (non-hydrogen) atoms. The van der Waals surface area contributed by atoms with Gasteiger partial charge in [-0.2, -0.15) is 0 Å². The molecule has 1 nitrogen and oxygen atoms in total. The Hall–Kier alpha value is -0.0400. The van der Waals surface area contributed by atoms with E-state index in [-0.39, 0.29) is 0 Å². The van der Waals surface area contributed by atoms with Crippen LogP contribution in [0.15, 0.2) is 0 Å². The Balaban J connectivity index is 2.23. The van der Waals surface area contributed by atoms with Crippen LogP contribution in [0.2, 0.25) is 0 Å². The lowest BCUT2D eigenvalue weighted by Gasteiger charge is -2.51. The van der Waals surface area contributed by atoms with E-state index in [0.717, 1.165) is 54.1 Å². The highest BCUT2D eigenvalue weighted by Crippen LogP contribution is 2.42. The Morgan fingerprint density at radius 3 is 1.48 bits per heavy atom. The molecule has 1 heteroatoms. The van der Waals surface area contributed by atoms with Crippen LogP contribution in [0.1, 0.15) is 80.1 Å². The van der Waals surface area contributed by atoms with Gasteiger partial charge >= 0.3 is 0 Å². The highest BCUT2D eigenvalue weighted by Gasteiger charge is 2.41.